The molecule has 0 saturated carbocycles. The van der Waals surface area contributed by atoms with E-state index in [4.69, 9.17) is 0 Å². The van der Waals surface area contributed by atoms with Crippen molar-refractivity contribution in [1.82, 2.24) is 15.1 Å². The van der Waals surface area contributed by atoms with E-state index in [1.807, 2.05) is 0 Å². The van der Waals surface area contributed by atoms with Crippen LogP contribution in [0.1, 0.15) is 40.0 Å². The maximum absolute atomic E-state index is 3.66. The van der Waals surface area contributed by atoms with E-state index in [2.05, 4.69) is 42.9 Å². The molecule has 0 bridgehead atoms. The summed E-state index contributed by atoms with van der Waals surface area (Å²) >= 11 is 0. The smallest absolute Gasteiger partial charge is 0.0252 e. The van der Waals surface area contributed by atoms with E-state index in [0.717, 1.165) is 12.1 Å². The van der Waals surface area contributed by atoms with Gasteiger partial charge in [-0.15, -0.1) is 0 Å². The van der Waals surface area contributed by atoms with E-state index < -0.39 is 0 Å². The number of hydrogen-bond donors (Lipinski definition) is 1. The van der Waals surface area contributed by atoms with Crippen LogP contribution in [0.4, 0.5) is 0 Å². The average molecular weight is 239 g/mol. The first kappa shape index (κ1) is 13.3. The molecule has 2 rings (SSSR count). The molecule has 2 saturated heterocycles. The summed E-state index contributed by atoms with van der Waals surface area (Å²) in [7, 11) is 2.26. The average Bonchev–Trinajstić information content (AvgIpc) is 2.43. The lowest BCUT2D eigenvalue weighted by Gasteiger charge is -2.42. The summed E-state index contributed by atoms with van der Waals surface area (Å²) in [5.74, 6) is 0. The molecule has 0 aromatic carbocycles. The molecular formula is C14H29N3. The second-order valence-electron chi connectivity index (χ2n) is 6.64. The first-order chi connectivity index (χ1) is 7.98. The van der Waals surface area contributed by atoms with E-state index in [-0.39, 0.29) is 5.54 Å². The molecule has 2 aliphatic heterocycles. The fourth-order valence-corrected chi connectivity index (χ4v) is 3.26. The monoisotopic (exact) mass is 239 g/mol. The van der Waals surface area contributed by atoms with Crippen molar-refractivity contribution >= 4 is 0 Å². The Morgan fingerprint density at radius 2 is 2.00 bits per heavy atom. The van der Waals surface area contributed by atoms with Gasteiger partial charge in [0, 0.05) is 24.2 Å². The SMILES string of the molecule is CC1CC(N2CCCNC(C)(C)C2)CCN1C. The van der Waals surface area contributed by atoms with Crippen molar-refractivity contribution in [2.24, 2.45) is 0 Å². The Balaban J connectivity index is 1.96. The first-order valence-corrected chi connectivity index (χ1v) is 7.17. The van der Waals surface area contributed by atoms with E-state index in [9.17, 15) is 0 Å². The topological polar surface area (TPSA) is 18.5 Å². The maximum atomic E-state index is 3.66. The molecule has 0 spiro atoms. The summed E-state index contributed by atoms with van der Waals surface area (Å²) < 4.78 is 0. The van der Waals surface area contributed by atoms with Gasteiger partial charge in [0.1, 0.15) is 0 Å². The van der Waals surface area contributed by atoms with Crippen LogP contribution in [0, 0.1) is 0 Å². The molecule has 0 aromatic rings. The Labute approximate surface area is 107 Å². The number of likely N-dealkylation sites (tertiary alicyclic amines) is 1. The van der Waals surface area contributed by atoms with Gasteiger partial charge in [0.2, 0.25) is 0 Å². The molecule has 2 atom stereocenters. The zero-order chi connectivity index (χ0) is 12.5. The molecular weight excluding hydrogens is 210 g/mol. The lowest BCUT2D eigenvalue weighted by Crippen LogP contribution is -2.52. The minimum Gasteiger partial charge on any atom is -0.310 e. The molecule has 100 valence electrons. The van der Waals surface area contributed by atoms with Crippen molar-refractivity contribution in [3.63, 3.8) is 0 Å². The predicted molar refractivity (Wildman–Crippen MR) is 73.4 cm³/mol. The van der Waals surface area contributed by atoms with Crippen molar-refractivity contribution in [2.75, 3.05) is 33.2 Å². The van der Waals surface area contributed by atoms with E-state index in [1.54, 1.807) is 0 Å². The van der Waals surface area contributed by atoms with Crippen LogP contribution in [0.15, 0.2) is 0 Å². The number of rotatable bonds is 1. The third kappa shape index (κ3) is 3.43. The zero-order valence-corrected chi connectivity index (χ0v) is 12.0. The van der Waals surface area contributed by atoms with Gasteiger partial charge < -0.3 is 10.2 Å². The minimum absolute atomic E-state index is 0.281. The molecule has 3 heteroatoms. The Hall–Kier alpha value is -0.120. The van der Waals surface area contributed by atoms with Crippen LogP contribution in [0.2, 0.25) is 0 Å². The Morgan fingerprint density at radius 3 is 2.71 bits per heavy atom. The van der Waals surface area contributed by atoms with Crippen LogP contribution >= 0.6 is 0 Å². The number of hydrogen-bond acceptors (Lipinski definition) is 3. The van der Waals surface area contributed by atoms with Gasteiger partial charge in [-0.2, -0.15) is 0 Å². The molecule has 2 aliphatic rings. The molecule has 3 nitrogen and oxygen atoms in total. The third-order valence-corrected chi connectivity index (χ3v) is 4.52. The third-order valence-electron chi connectivity index (χ3n) is 4.52. The van der Waals surface area contributed by atoms with E-state index in [1.165, 1.54) is 45.4 Å². The van der Waals surface area contributed by atoms with Gasteiger partial charge in [0.15, 0.2) is 0 Å². The van der Waals surface area contributed by atoms with Crippen LogP contribution in [0.25, 0.3) is 0 Å². The second kappa shape index (κ2) is 5.25. The molecule has 2 heterocycles. The summed E-state index contributed by atoms with van der Waals surface area (Å²) in [5, 5.41) is 3.66. The fraction of sp³-hybridized carbons (Fsp3) is 1.00. The molecule has 0 radical (unpaired) electrons. The van der Waals surface area contributed by atoms with Crippen molar-refractivity contribution in [1.29, 1.82) is 0 Å². The van der Waals surface area contributed by atoms with Gasteiger partial charge >= 0.3 is 0 Å². The number of nitrogens with one attached hydrogen (secondary N) is 1. The normalized spacial score (nSPS) is 36.7. The second-order valence-corrected chi connectivity index (χ2v) is 6.64. The van der Waals surface area contributed by atoms with Gasteiger partial charge in [0.25, 0.3) is 0 Å². The van der Waals surface area contributed by atoms with Crippen molar-refractivity contribution in [3.8, 4) is 0 Å². The highest BCUT2D eigenvalue weighted by Crippen LogP contribution is 2.23. The summed E-state index contributed by atoms with van der Waals surface area (Å²) in [6, 6.07) is 1.55. The van der Waals surface area contributed by atoms with Crippen molar-refractivity contribution in [3.05, 3.63) is 0 Å². The van der Waals surface area contributed by atoms with E-state index in [0.29, 0.717) is 0 Å². The van der Waals surface area contributed by atoms with Crippen molar-refractivity contribution in [2.45, 2.75) is 57.7 Å². The van der Waals surface area contributed by atoms with Gasteiger partial charge in [-0.1, -0.05) is 0 Å². The molecule has 0 amide bonds. The van der Waals surface area contributed by atoms with Crippen molar-refractivity contribution < 1.29 is 0 Å². The summed E-state index contributed by atoms with van der Waals surface area (Å²) in [6.07, 6.45) is 3.98. The quantitative estimate of drug-likeness (QED) is 0.749. The van der Waals surface area contributed by atoms with Crippen LogP contribution in [-0.2, 0) is 0 Å². The van der Waals surface area contributed by atoms with Crippen LogP contribution < -0.4 is 5.32 Å². The van der Waals surface area contributed by atoms with Crippen LogP contribution in [0.5, 0.6) is 0 Å². The largest absolute Gasteiger partial charge is 0.310 e. The summed E-state index contributed by atoms with van der Waals surface area (Å²) in [5.41, 5.74) is 0.281. The fourth-order valence-electron chi connectivity index (χ4n) is 3.26. The van der Waals surface area contributed by atoms with E-state index >= 15 is 0 Å². The molecule has 2 unspecified atom stereocenters. The highest BCUT2D eigenvalue weighted by atomic mass is 15.2. The lowest BCUT2D eigenvalue weighted by atomic mass is 9.95. The highest BCUT2D eigenvalue weighted by molar-refractivity contribution is 4.90. The lowest BCUT2D eigenvalue weighted by molar-refractivity contribution is 0.0787. The molecule has 1 N–H and O–H groups in total. The molecule has 2 fully saturated rings. The predicted octanol–water partition coefficient (Wildman–Crippen LogP) is 1.54. The van der Waals surface area contributed by atoms with Crippen LogP contribution in [0.3, 0.4) is 0 Å². The molecule has 0 aliphatic carbocycles. The van der Waals surface area contributed by atoms with Crippen LogP contribution in [-0.4, -0.2) is 60.6 Å². The standard InChI is InChI=1S/C14H29N3/c1-12-10-13(6-9-16(12)4)17-8-5-7-15-14(2,3)11-17/h12-13,15H,5-11H2,1-4H3. The Morgan fingerprint density at radius 1 is 1.24 bits per heavy atom. The zero-order valence-electron chi connectivity index (χ0n) is 12.0. The number of piperidine rings is 1. The maximum Gasteiger partial charge on any atom is 0.0252 e. The Kier molecular flexibility index (Phi) is 4.11. The minimum atomic E-state index is 0.281. The van der Waals surface area contributed by atoms with Gasteiger partial charge in [-0.25, -0.2) is 0 Å². The first-order valence-electron chi connectivity index (χ1n) is 7.17. The number of nitrogens with zero attached hydrogens (tertiary/aromatic N) is 2. The van der Waals surface area contributed by atoms with Gasteiger partial charge in [-0.3, -0.25) is 4.90 Å². The summed E-state index contributed by atoms with van der Waals surface area (Å²) in [4.78, 5) is 5.24. The van der Waals surface area contributed by atoms with Gasteiger partial charge in [0.05, 0.1) is 0 Å². The highest BCUT2D eigenvalue weighted by Gasteiger charge is 2.32. The Bertz CT molecular complexity index is 252. The molecule has 17 heavy (non-hydrogen) atoms. The van der Waals surface area contributed by atoms with Gasteiger partial charge in [-0.05, 0) is 66.7 Å². The summed E-state index contributed by atoms with van der Waals surface area (Å²) in [6.45, 7) is 12.0. The molecule has 0 aromatic heterocycles.